The molecule has 0 fully saturated rings. The third kappa shape index (κ3) is 26.5. The van der Waals surface area contributed by atoms with Crippen molar-refractivity contribution in [1.29, 1.82) is 0 Å². The summed E-state index contributed by atoms with van der Waals surface area (Å²) in [6, 6.07) is 0. The highest BCUT2D eigenvalue weighted by Crippen LogP contribution is 2.14. The largest absolute Gasteiger partial charge is 1.00 e. The maximum absolute atomic E-state index is 9.35. The normalized spacial score (nSPS) is 12.3. The fourth-order valence-electron chi connectivity index (χ4n) is 3.51. The monoisotopic (exact) mass is 425 g/mol. The van der Waals surface area contributed by atoms with Gasteiger partial charge in [-0.05, 0) is 18.8 Å². The number of hydrogen-bond donors (Lipinski definition) is 2. The molecule has 0 amide bonds. The Hall–Kier alpha value is 0.500. The number of unbranched alkanes of at least 4 members (excludes halogenated alkanes) is 14. The minimum atomic E-state index is -0.341. The van der Waals surface area contributed by atoms with E-state index in [1.165, 1.54) is 103 Å². The first-order chi connectivity index (χ1) is 12.7. The van der Waals surface area contributed by atoms with Crippen molar-refractivity contribution in [2.45, 2.75) is 123 Å². The molecule has 0 rings (SSSR count). The lowest BCUT2D eigenvalue weighted by Gasteiger charge is -2.06. The molecule has 27 heavy (non-hydrogen) atoms. The molecule has 0 bridgehead atoms. The second-order valence-electron chi connectivity index (χ2n) is 8.61. The van der Waals surface area contributed by atoms with E-state index in [1.807, 2.05) is 0 Å². The molecular formula is C23H49Cl2NO. The van der Waals surface area contributed by atoms with Crippen LogP contribution in [-0.4, -0.2) is 30.2 Å². The van der Waals surface area contributed by atoms with Crippen molar-refractivity contribution in [2.24, 2.45) is 5.92 Å². The summed E-state index contributed by atoms with van der Waals surface area (Å²) in [5, 5.41) is 11.5. The topological polar surface area (TPSA) is 36.8 Å². The summed E-state index contributed by atoms with van der Waals surface area (Å²) in [4.78, 5) is 0. The molecule has 3 N–H and O–H groups in total. The van der Waals surface area contributed by atoms with Gasteiger partial charge in [0.1, 0.15) is 12.6 Å². The van der Waals surface area contributed by atoms with Crippen LogP contribution in [0.2, 0.25) is 0 Å². The van der Waals surface area contributed by atoms with Gasteiger partial charge in [0.2, 0.25) is 0 Å². The van der Waals surface area contributed by atoms with Gasteiger partial charge in [-0.15, -0.1) is 11.6 Å². The molecule has 0 saturated carbocycles. The fraction of sp³-hybridized carbons (Fsp3) is 1.00. The Morgan fingerprint density at radius 2 is 1.04 bits per heavy atom. The van der Waals surface area contributed by atoms with Crippen LogP contribution in [0, 0.1) is 5.92 Å². The lowest BCUT2D eigenvalue weighted by atomic mass is 10.0. The maximum Gasteiger partial charge on any atom is 0.116 e. The standard InChI is InChI=1S/C23H48ClNO.ClH/c1-22(2)18-16-14-12-10-8-6-4-3-5-7-9-11-13-15-17-19-25-21-23(26)20-24;/h22-23,25-26H,3-21H2,1-2H3;1H. The SMILES string of the molecule is CC(C)CCCCCCCCCCCCCCCCC[NH2+]CC(O)CCl.[Cl-]. The number of halogens is 2. The summed E-state index contributed by atoms with van der Waals surface area (Å²) >= 11 is 5.57. The van der Waals surface area contributed by atoms with Gasteiger partial charge in [-0.3, -0.25) is 0 Å². The molecule has 0 aliphatic heterocycles. The van der Waals surface area contributed by atoms with Crippen molar-refractivity contribution in [3.63, 3.8) is 0 Å². The average molecular weight is 427 g/mol. The lowest BCUT2D eigenvalue weighted by Crippen LogP contribution is -3.00. The molecule has 0 aromatic rings. The van der Waals surface area contributed by atoms with E-state index in [0.29, 0.717) is 5.88 Å². The van der Waals surface area contributed by atoms with Crippen LogP contribution in [0.3, 0.4) is 0 Å². The van der Waals surface area contributed by atoms with Gasteiger partial charge in [-0.1, -0.05) is 104 Å². The minimum absolute atomic E-state index is 0. The summed E-state index contributed by atoms with van der Waals surface area (Å²) in [6.07, 6.45) is 22.4. The third-order valence-corrected chi connectivity index (χ3v) is 5.66. The quantitative estimate of drug-likeness (QED) is 0.215. The zero-order valence-electron chi connectivity index (χ0n) is 18.4. The molecule has 0 saturated heterocycles. The van der Waals surface area contributed by atoms with Crippen molar-refractivity contribution in [3.8, 4) is 0 Å². The molecule has 4 heteroatoms. The second-order valence-corrected chi connectivity index (χ2v) is 8.92. The first kappa shape index (κ1) is 29.7. The van der Waals surface area contributed by atoms with Crippen LogP contribution in [0.4, 0.5) is 0 Å². The van der Waals surface area contributed by atoms with Crippen LogP contribution in [0.25, 0.3) is 0 Å². The van der Waals surface area contributed by atoms with Gasteiger partial charge in [0.25, 0.3) is 0 Å². The van der Waals surface area contributed by atoms with E-state index < -0.39 is 0 Å². The summed E-state index contributed by atoms with van der Waals surface area (Å²) in [5.41, 5.74) is 0. The molecule has 0 radical (unpaired) electrons. The summed E-state index contributed by atoms with van der Waals surface area (Å²) in [5.74, 6) is 1.24. The highest BCUT2D eigenvalue weighted by molar-refractivity contribution is 6.18. The molecule has 1 atom stereocenters. The van der Waals surface area contributed by atoms with Gasteiger partial charge in [-0.2, -0.15) is 0 Å². The zero-order valence-corrected chi connectivity index (χ0v) is 19.9. The summed E-state index contributed by atoms with van der Waals surface area (Å²) < 4.78 is 0. The first-order valence-electron chi connectivity index (χ1n) is 11.7. The zero-order chi connectivity index (χ0) is 19.3. The molecule has 0 aliphatic rings. The minimum Gasteiger partial charge on any atom is -1.00 e. The van der Waals surface area contributed by atoms with Gasteiger partial charge in [0.05, 0.1) is 12.4 Å². The van der Waals surface area contributed by atoms with Crippen molar-refractivity contribution < 1.29 is 22.8 Å². The van der Waals surface area contributed by atoms with E-state index in [1.54, 1.807) is 0 Å². The molecule has 0 aromatic heterocycles. The maximum atomic E-state index is 9.35. The Balaban J connectivity index is 0. The second kappa shape index (κ2) is 24.5. The highest BCUT2D eigenvalue weighted by atomic mass is 35.5. The number of hydrogen-bond acceptors (Lipinski definition) is 1. The Morgan fingerprint density at radius 3 is 1.41 bits per heavy atom. The number of quaternary nitrogens is 1. The van der Waals surface area contributed by atoms with Crippen LogP contribution in [-0.2, 0) is 0 Å². The van der Waals surface area contributed by atoms with Crippen molar-refractivity contribution in [1.82, 2.24) is 0 Å². The predicted molar refractivity (Wildman–Crippen MR) is 117 cm³/mol. The van der Waals surface area contributed by atoms with Crippen molar-refractivity contribution in [3.05, 3.63) is 0 Å². The Labute approximate surface area is 182 Å². The Morgan fingerprint density at radius 1 is 0.667 bits per heavy atom. The van der Waals surface area contributed by atoms with E-state index >= 15 is 0 Å². The molecule has 166 valence electrons. The summed E-state index contributed by atoms with van der Waals surface area (Å²) in [6.45, 7) is 6.54. The number of aliphatic hydroxyl groups is 1. The van der Waals surface area contributed by atoms with Crippen LogP contribution >= 0.6 is 11.6 Å². The molecule has 0 aliphatic carbocycles. The molecule has 1 unspecified atom stereocenters. The first-order valence-corrected chi connectivity index (χ1v) is 12.3. The van der Waals surface area contributed by atoms with Gasteiger partial charge in [-0.25, -0.2) is 0 Å². The van der Waals surface area contributed by atoms with Crippen molar-refractivity contribution in [2.75, 3.05) is 19.0 Å². The lowest BCUT2D eigenvalue weighted by molar-refractivity contribution is -0.660. The van der Waals surface area contributed by atoms with E-state index in [0.717, 1.165) is 19.0 Å². The molecule has 0 heterocycles. The molecule has 2 nitrogen and oxygen atoms in total. The van der Waals surface area contributed by atoms with E-state index in [9.17, 15) is 5.11 Å². The number of nitrogens with two attached hydrogens (primary N) is 1. The summed E-state index contributed by atoms with van der Waals surface area (Å²) in [7, 11) is 0. The molecule has 0 aromatic carbocycles. The van der Waals surface area contributed by atoms with Gasteiger partial charge in [0, 0.05) is 0 Å². The van der Waals surface area contributed by atoms with Crippen LogP contribution < -0.4 is 17.7 Å². The van der Waals surface area contributed by atoms with Gasteiger partial charge >= 0.3 is 0 Å². The van der Waals surface area contributed by atoms with Gasteiger partial charge < -0.3 is 22.8 Å². The molecular weight excluding hydrogens is 377 g/mol. The van der Waals surface area contributed by atoms with E-state index in [2.05, 4.69) is 19.2 Å². The predicted octanol–water partition coefficient (Wildman–Crippen LogP) is 3.05. The highest BCUT2D eigenvalue weighted by Gasteiger charge is 2.02. The van der Waals surface area contributed by atoms with Crippen LogP contribution in [0.15, 0.2) is 0 Å². The average Bonchev–Trinajstić information content (AvgIpc) is 2.63. The fourth-order valence-corrected chi connectivity index (χ4v) is 3.64. The van der Waals surface area contributed by atoms with Crippen LogP contribution in [0.1, 0.15) is 117 Å². The Bertz CT molecular complexity index is 265. The number of rotatable bonds is 21. The van der Waals surface area contributed by atoms with Crippen LogP contribution in [0.5, 0.6) is 0 Å². The third-order valence-electron chi connectivity index (χ3n) is 5.31. The number of alkyl halides is 1. The van der Waals surface area contributed by atoms with Gasteiger partial charge in [0.15, 0.2) is 0 Å². The smallest absolute Gasteiger partial charge is 0.116 e. The van der Waals surface area contributed by atoms with E-state index in [4.69, 9.17) is 11.6 Å². The Kier molecular flexibility index (Phi) is 27.0. The van der Waals surface area contributed by atoms with Crippen molar-refractivity contribution >= 4 is 11.6 Å². The molecule has 0 spiro atoms. The van der Waals surface area contributed by atoms with E-state index in [-0.39, 0.29) is 18.5 Å². The number of aliphatic hydroxyl groups excluding tert-OH is 1.